The third-order valence-electron chi connectivity index (χ3n) is 7.03. The maximum absolute atomic E-state index is 13.4. The number of halogens is 1. The lowest BCUT2D eigenvalue weighted by atomic mass is 9.81. The molecule has 1 amide bonds. The Labute approximate surface area is 208 Å². The summed E-state index contributed by atoms with van der Waals surface area (Å²) in [7, 11) is 0. The van der Waals surface area contributed by atoms with E-state index in [9.17, 15) is 4.79 Å². The molecule has 1 aliphatic rings. The first-order chi connectivity index (χ1) is 16.6. The van der Waals surface area contributed by atoms with Crippen molar-refractivity contribution in [2.24, 2.45) is 17.6 Å². The Morgan fingerprint density at radius 1 is 1.09 bits per heavy atom. The van der Waals surface area contributed by atoms with E-state index >= 15 is 0 Å². The van der Waals surface area contributed by atoms with Crippen LogP contribution in [-0.2, 0) is 11.2 Å². The number of H-pyrrole nitrogens is 1. The smallest absolute Gasteiger partial charge is 0.222 e. The van der Waals surface area contributed by atoms with Crippen molar-refractivity contribution in [3.8, 4) is 0 Å². The van der Waals surface area contributed by atoms with Crippen LogP contribution in [0.2, 0.25) is 0 Å². The van der Waals surface area contributed by atoms with E-state index in [4.69, 9.17) is 17.3 Å². The van der Waals surface area contributed by atoms with Gasteiger partial charge in [-0.15, -0.1) is 0 Å². The predicted octanol–water partition coefficient (Wildman–Crippen LogP) is 6.36. The van der Waals surface area contributed by atoms with E-state index in [-0.39, 0.29) is 5.91 Å². The first kappa shape index (κ1) is 24.6. The van der Waals surface area contributed by atoms with E-state index in [2.05, 4.69) is 29.4 Å². The summed E-state index contributed by atoms with van der Waals surface area (Å²) in [5.74, 6) is 1.27. The molecular formula is C29H36ClN3O. The highest BCUT2D eigenvalue weighted by molar-refractivity contribution is 6.31. The maximum atomic E-state index is 13.4. The first-order valence-electron chi connectivity index (χ1n) is 12.6. The van der Waals surface area contributed by atoms with Crippen molar-refractivity contribution in [2.75, 3.05) is 19.6 Å². The minimum atomic E-state index is 0.189. The number of hydrogen-bond donors (Lipinski definition) is 2. The second-order valence-corrected chi connectivity index (χ2v) is 10.1. The molecule has 2 aromatic carbocycles. The molecule has 3 N–H and O–H groups in total. The van der Waals surface area contributed by atoms with Crippen LogP contribution < -0.4 is 5.73 Å². The summed E-state index contributed by atoms with van der Waals surface area (Å²) < 4.78 is 0. The van der Waals surface area contributed by atoms with Gasteiger partial charge in [-0.05, 0) is 73.8 Å². The van der Waals surface area contributed by atoms with Gasteiger partial charge in [0.1, 0.15) is 0 Å². The Morgan fingerprint density at radius 2 is 1.85 bits per heavy atom. The van der Waals surface area contributed by atoms with Gasteiger partial charge in [0.2, 0.25) is 5.91 Å². The molecule has 1 aliphatic carbocycles. The summed E-state index contributed by atoms with van der Waals surface area (Å²) in [5.41, 5.74) is 9.44. The number of carbonyl (C=O) groups is 1. The molecule has 0 radical (unpaired) electrons. The van der Waals surface area contributed by atoms with Crippen LogP contribution in [0.5, 0.6) is 0 Å². The number of aromatic nitrogens is 1. The average molecular weight is 478 g/mol. The molecule has 5 heteroatoms. The molecule has 0 spiro atoms. The summed E-state index contributed by atoms with van der Waals surface area (Å²) in [6, 6.07) is 18.4. The molecule has 0 aliphatic heterocycles. The second kappa shape index (κ2) is 12.2. The molecule has 4 nitrogen and oxygen atoms in total. The van der Waals surface area contributed by atoms with Gasteiger partial charge in [-0.2, -0.15) is 0 Å². The van der Waals surface area contributed by atoms with Crippen molar-refractivity contribution >= 4 is 34.5 Å². The molecule has 3 aromatic rings. The van der Waals surface area contributed by atoms with Crippen LogP contribution >= 0.6 is 11.6 Å². The zero-order valence-electron chi connectivity index (χ0n) is 19.9. The van der Waals surface area contributed by atoms with Gasteiger partial charge in [-0.1, -0.05) is 66.6 Å². The van der Waals surface area contributed by atoms with E-state index in [0.717, 1.165) is 49.9 Å². The van der Waals surface area contributed by atoms with E-state index in [0.29, 0.717) is 29.8 Å². The topological polar surface area (TPSA) is 62.1 Å². The lowest BCUT2D eigenvalue weighted by Gasteiger charge is -2.33. The Morgan fingerprint density at radius 3 is 2.68 bits per heavy atom. The van der Waals surface area contributed by atoms with Crippen LogP contribution in [0.4, 0.5) is 0 Å². The average Bonchev–Trinajstić information content (AvgIpc) is 3.27. The quantitative estimate of drug-likeness (QED) is 0.356. The van der Waals surface area contributed by atoms with Gasteiger partial charge < -0.3 is 15.6 Å². The van der Waals surface area contributed by atoms with E-state index < -0.39 is 0 Å². The number of aryl methyl sites for hydroxylation is 1. The highest BCUT2D eigenvalue weighted by Crippen LogP contribution is 2.30. The normalized spacial score (nSPS) is 18.8. The zero-order valence-corrected chi connectivity index (χ0v) is 20.6. The van der Waals surface area contributed by atoms with Crippen LogP contribution in [0.1, 0.15) is 49.7 Å². The molecule has 1 fully saturated rings. The fourth-order valence-electron chi connectivity index (χ4n) is 5.23. The molecule has 1 saturated carbocycles. The summed E-state index contributed by atoms with van der Waals surface area (Å²) >= 11 is 6.65. The number of nitrogens with one attached hydrogen (secondary N) is 1. The van der Waals surface area contributed by atoms with Crippen molar-refractivity contribution in [1.82, 2.24) is 9.88 Å². The lowest BCUT2D eigenvalue weighted by Crippen LogP contribution is -2.38. The molecule has 2 unspecified atom stereocenters. The van der Waals surface area contributed by atoms with Crippen LogP contribution in [0.3, 0.4) is 0 Å². The van der Waals surface area contributed by atoms with Crippen molar-refractivity contribution in [3.05, 3.63) is 77.0 Å². The van der Waals surface area contributed by atoms with E-state index in [1.807, 2.05) is 47.4 Å². The van der Waals surface area contributed by atoms with E-state index in [1.54, 1.807) is 0 Å². The Balaban J connectivity index is 1.40. The van der Waals surface area contributed by atoms with Gasteiger partial charge in [-0.25, -0.2) is 0 Å². The van der Waals surface area contributed by atoms with Crippen molar-refractivity contribution < 1.29 is 4.79 Å². The van der Waals surface area contributed by atoms with Gasteiger partial charge in [0.25, 0.3) is 0 Å². The fraction of sp³-hybridized carbons (Fsp3) is 0.414. The summed E-state index contributed by atoms with van der Waals surface area (Å²) in [4.78, 5) is 18.7. The SMILES string of the molecule is NCC1CCCC(CN(C/C(Cl)=C/c2ccccc2)C(=O)CCCc2c[nH]c3ccccc23)C1. The molecule has 4 rings (SSSR count). The maximum Gasteiger partial charge on any atom is 0.222 e. The predicted molar refractivity (Wildman–Crippen MR) is 143 cm³/mol. The Kier molecular flexibility index (Phi) is 8.84. The van der Waals surface area contributed by atoms with Crippen LogP contribution in [-0.4, -0.2) is 35.4 Å². The number of rotatable bonds is 10. The van der Waals surface area contributed by atoms with Gasteiger partial charge in [-0.3, -0.25) is 4.79 Å². The molecule has 1 heterocycles. The third kappa shape index (κ3) is 6.74. The number of aromatic amines is 1. The van der Waals surface area contributed by atoms with Crippen molar-refractivity contribution in [2.45, 2.75) is 44.9 Å². The highest BCUT2D eigenvalue weighted by atomic mass is 35.5. The summed E-state index contributed by atoms with van der Waals surface area (Å²) in [6.07, 6.45) is 11.0. The van der Waals surface area contributed by atoms with Gasteiger partial charge in [0.05, 0.1) is 6.54 Å². The molecular weight excluding hydrogens is 442 g/mol. The number of para-hydroxylation sites is 1. The number of carbonyl (C=O) groups excluding carboxylic acids is 1. The molecule has 34 heavy (non-hydrogen) atoms. The Hall–Kier alpha value is -2.56. The molecule has 2 atom stereocenters. The van der Waals surface area contributed by atoms with Gasteiger partial charge >= 0.3 is 0 Å². The standard InChI is InChI=1S/C29H36ClN3O/c30-26(17-22-8-2-1-3-9-22)21-33(20-24-11-6-10-23(16-24)18-31)29(34)15-7-12-25-19-32-28-14-5-4-13-27(25)28/h1-5,8-9,13-14,17,19,23-24,32H,6-7,10-12,15-16,18,20-21,31H2/b26-17-. The number of hydrogen-bond acceptors (Lipinski definition) is 2. The first-order valence-corrected chi connectivity index (χ1v) is 12.9. The van der Waals surface area contributed by atoms with Crippen molar-refractivity contribution in [3.63, 3.8) is 0 Å². The number of nitrogens with zero attached hydrogens (tertiary/aromatic N) is 1. The molecule has 0 saturated heterocycles. The molecule has 180 valence electrons. The lowest BCUT2D eigenvalue weighted by molar-refractivity contribution is -0.131. The largest absolute Gasteiger partial charge is 0.361 e. The highest BCUT2D eigenvalue weighted by Gasteiger charge is 2.25. The van der Waals surface area contributed by atoms with Crippen molar-refractivity contribution in [1.29, 1.82) is 0 Å². The number of fused-ring (bicyclic) bond motifs is 1. The molecule has 1 aromatic heterocycles. The van der Waals surface area contributed by atoms with Gasteiger partial charge in [0.15, 0.2) is 0 Å². The van der Waals surface area contributed by atoms with Crippen LogP contribution in [0.15, 0.2) is 65.8 Å². The third-order valence-corrected chi connectivity index (χ3v) is 7.26. The van der Waals surface area contributed by atoms with Crippen LogP contribution in [0.25, 0.3) is 17.0 Å². The minimum absolute atomic E-state index is 0.189. The summed E-state index contributed by atoms with van der Waals surface area (Å²) in [6.45, 7) is 1.97. The monoisotopic (exact) mass is 477 g/mol. The number of nitrogens with two attached hydrogens (primary N) is 1. The fourth-order valence-corrected chi connectivity index (χ4v) is 5.50. The zero-order chi connectivity index (χ0) is 23.8. The number of amides is 1. The number of benzene rings is 2. The minimum Gasteiger partial charge on any atom is -0.361 e. The van der Waals surface area contributed by atoms with Crippen LogP contribution in [0, 0.1) is 11.8 Å². The summed E-state index contributed by atoms with van der Waals surface area (Å²) in [5, 5.41) is 1.94. The molecule has 0 bridgehead atoms. The van der Waals surface area contributed by atoms with Gasteiger partial charge in [0, 0.05) is 35.1 Å². The van der Waals surface area contributed by atoms with E-state index in [1.165, 1.54) is 23.8 Å². The Bertz CT molecular complexity index is 1090. The second-order valence-electron chi connectivity index (χ2n) is 9.62.